The average molecular weight is 311 g/mol. The van der Waals surface area contributed by atoms with E-state index in [4.69, 9.17) is 11.6 Å². The highest BCUT2D eigenvalue weighted by atomic mass is 35.5. The summed E-state index contributed by atoms with van der Waals surface area (Å²) < 4.78 is 0. The van der Waals surface area contributed by atoms with Crippen molar-refractivity contribution >= 4 is 29.3 Å². The summed E-state index contributed by atoms with van der Waals surface area (Å²) in [6, 6.07) is 6.85. The van der Waals surface area contributed by atoms with Gasteiger partial charge in [0.1, 0.15) is 0 Å². The first kappa shape index (κ1) is 14.2. The lowest BCUT2D eigenvalue weighted by molar-refractivity contribution is -0.121. The van der Waals surface area contributed by atoms with Crippen molar-refractivity contribution < 1.29 is 4.79 Å². The fraction of sp³-hybridized carbons (Fsp3) is 0.533. The van der Waals surface area contributed by atoms with Gasteiger partial charge in [-0.3, -0.25) is 4.79 Å². The van der Waals surface area contributed by atoms with Crippen molar-refractivity contribution in [1.82, 2.24) is 10.6 Å². The third-order valence-electron chi connectivity index (χ3n) is 3.70. The summed E-state index contributed by atoms with van der Waals surface area (Å²) in [5.74, 6) is 1.28. The minimum absolute atomic E-state index is 0.163. The van der Waals surface area contributed by atoms with Gasteiger partial charge in [-0.1, -0.05) is 11.6 Å². The summed E-state index contributed by atoms with van der Waals surface area (Å²) in [5.41, 5.74) is 1.27. The van der Waals surface area contributed by atoms with Crippen LogP contribution in [0.25, 0.3) is 0 Å². The molecule has 0 saturated heterocycles. The third-order valence-corrected chi connectivity index (χ3v) is 5.05. The van der Waals surface area contributed by atoms with E-state index in [1.165, 1.54) is 10.5 Å². The van der Waals surface area contributed by atoms with Crippen LogP contribution in [0.4, 0.5) is 0 Å². The average Bonchev–Trinajstić information content (AvgIpc) is 3.23. The molecule has 2 N–H and O–H groups in total. The van der Waals surface area contributed by atoms with Gasteiger partial charge in [-0.05, 0) is 48.8 Å². The Kier molecular flexibility index (Phi) is 4.54. The number of nitrogens with one attached hydrogen (secondary N) is 2. The van der Waals surface area contributed by atoms with E-state index in [9.17, 15) is 4.79 Å². The lowest BCUT2D eigenvalue weighted by Gasteiger charge is -2.26. The molecule has 1 unspecified atom stereocenters. The Hall–Kier alpha value is -0.710. The quantitative estimate of drug-likeness (QED) is 0.878. The maximum atomic E-state index is 11.7. The standard InChI is InChI=1S/C15H19ClN2OS/c16-10-1-4-14-12(9-10)13(6-8-20-14)17-7-5-15(19)18-11-2-3-11/h1,4,9,11,13,17H,2-3,5-8H2,(H,18,19). The largest absolute Gasteiger partial charge is 0.353 e. The van der Waals surface area contributed by atoms with Crippen molar-refractivity contribution in [2.24, 2.45) is 0 Å². The molecule has 1 atom stereocenters. The number of thioether (sulfide) groups is 1. The summed E-state index contributed by atoms with van der Waals surface area (Å²) in [6.07, 6.45) is 3.92. The molecule has 1 aliphatic heterocycles. The Bertz CT molecular complexity index is 505. The second-order valence-electron chi connectivity index (χ2n) is 5.42. The predicted molar refractivity (Wildman–Crippen MR) is 83.3 cm³/mol. The smallest absolute Gasteiger partial charge is 0.221 e. The first-order chi connectivity index (χ1) is 9.72. The van der Waals surface area contributed by atoms with Crippen LogP contribution in [0, 0.1) is 0 Å². The van der Waals surface area contributed by atoms with E-state index < -0.39 is 0 Å². The van der Waals surface area contributed by atoms with Gasteiger partial charge in [-0.2, -0.15) is 0 Å². The molecule has 1 aliphatic carbocycles. The van der Waals surface area contributed by atoms with Crippen molar-refractivity contribution in [1.29, 1.82) is 0 Å². The first-order valence-electron chi connectivity index (χ1n) is 7.17. The molecule has 1 heterocycles. The fourth-order valence-corrected chi connectivity index (χ4v) is 3.75. The lowest BCUT2D eigenvalue weighted by Crippen LogP contribution is -2.31. The molecule has 1 aromatic carbocycles. The van der Waals surface area contributed by atoms with Gasteiger partial charge in [-0.25, -0.2) is 0 Å². The molecule has 1 saturated carbocycles. The molecule has 0 spiro atoms. The molecule has 1 aromatic rings. The highest BCUT2D eigenvalue weighted by molar-refractivity contribution is 7.99. The van der Waals surface area contributed by atoms with Gasteiger partial charge in [0.25, 0.3) is 0 Å². The fourth-order valence-electron chi connectivity index (χ4n) is 2.46. The maximum Gasteiger partial charge on any atom is 0.221 e. The zero-order valence-corrected chi connectivity index (χ0v) is 12.9. The Morgan fingerprint density at radius 1 is 1.35 bits per heavy atom. The molecule has 0 aromatic heterocycles. The number of halogens is 1. The molecular weight excluding hydrogens is 292 g/mol. The minimum atomic E-state index is 0.163. The molecule has 0 bridgehead atoms. The van der Waals surface area contributed by atoms with Gasteiger partial charge in [0.15, 0.2) is 0 Å². The molecule has 20 heavy (non-hydrogen) atoms. The van der Waals surface area contributed by atoms with Crippen LogP contribution in [-0.4, -0.2) is 24.2 Å². The minimum Gasteiger partial charge on any atom is -0.353 e. The zero-order valence-electron chi connectivity index (χ0n) is 11.3. The van der Waals surface area contributed by atoms with Crippen LogP contribution in [-0.2, 0) is 4.79 Å². The van der Waals surface area contributed by atoms with Crippen LogP contribution in [0.3, 0.4) is 0 Å². The lowest BCUT2D eigenvalue weighted by atomic mass is 10.0. The number of rotatable bonds is 5. The second kappa shape index (κ2) is 6.37. The molecule has 1 fully saturated rings. The number of carbonyl (C=O) groups excluding carboxylic acids is 1. The number of hydrogen-bond donors (Lipinski definition) is 2. The predicted octanol–water partition coefficient (Wildman–Crippen LogP) is 3.14. The number of fused-ring (bicyclic) bond motifs is 1. The van der Waals surface area contributed by atoms with E-state index in [-0.39, 0.29) is 5.91 Å². The monoisotopic (exact) mass is 310 g/mol. The SMILES string of the molecule is O=C(CCNC1CCSc2ccc(Cl)cc21)NC1CC1. The van der Waals surface area contributed by atoms with E-state index in [0.717, 1.165) is 36.6 Å². The van der Waals surface area contributed by atoms with Crippen LogP contribution in [0.2, 0.25) is 5.02 Å². The highest BCUT2D eigenvalue weighted by Gasteiger charge is 2.24. The van der Waals surface area contributed by atoms with Crippen molar-refractivity contribution in [2.45, 2.75) is 42.7 Å². The van der Waals surface area contributed by atoms with Crippen molar-refractivity contribution in [2.75, 3.05) is 12.3 Å². The Balaban J connectivity index is 1.53. The number of benzene rings is 1. The van der Waals surface area contributed by atoms with Gasteiger partial charge in [0, 0.05) is 35.0 Å². The third kappa shape index (κ3) is 3.68. The molecule has 5 heteroatoms. The zero-order chi connectivity index (χ0) is 13.9. The summed E-state index contributed by atoms with van der Waals surface area (Å²) in [6.45, 7) is 0.722. The Morgan fingerprint density at radius 3 is 3.00 bits per heavy atom. The molecule has 1 amide bonds. The van der Waals surface area contributed by atoms with Crippen LogP contribution >= 0.6 is 23.4 Å². The van der Waals surface area contributed by atoms with E-state index in [0.29, 0.717) is 18.5 Å². The molecule has 108 valence electrons. The van der Waals surface area contributed by atoms with Crippen molar-refractivity contribution in [3.63, 3.8) is 0 Å². The molecule has 3 nitrogen and oxygen atoms in total. The topological polar surface area (TPSA) is 41.1 Å². The van der Waals surface area contributed by atoms with Crippen molar-refractivity contribution in [3.8, 4) is 0 Å². The van der Waals surface area contributed by atoms with E-state index in [2.05, 4.69) is 16.7 Å². The van der Waals surface area contributed by atoms with E-state index in [1.54, 1.807) is 0 Å². The van der Waals surface area contributed by atoms with E-state index >= 15 is 0 Å². The van der Waals surface area contributed by atoms with Crippen LogP contribution < -0.4 is 10.6 Å². The highest BCUT2D eigenvalue weighted by Crippen LogP contribution is 2.37. The van der Waals surface area contributed by atoms with Gasteiger partial charge in [0.2, 0.25) is 5.91 Å². The molecule has 0 radical (unpaired) electrons. The molecular formula is C15H19ClN2OS. The first-order valence-corrected chi connectivity index (χ1v) is 8.54. The number of amides is 1. The normalized spacial score (nSPS) is 21.4. The van der Waals surface area contributed by atoms with Gasteiger partial charge in [0.05, 0.1) is 0 Å². The van der Waals surface area contributed by atoms with Gasteiger partial charge in [-0.15, -0.1) is 11.8 Å². The summed E-state index contributed by atoms with van der Waals surface area (Å²) in [7, 11) is 0. The molecule has 3 rings (SSSR count). The second-order valence-corrected chi connectivity index (χ2v) is 6.99. The Labute approximate surface area is 128 Å². The summed E-state index contributed by atoms with van der Waals surface area (Å²) in [4.78, 5) is 13.0. The van der Waals surface area contributed by atoms with Crippen LogP contribution in [0.5, 0.6) is 0 Å². The number of carbonyl (C=O) groups is 1. The summed E-state index contributed by atoms with van der Waals surface area (Å²) >= 11 is 7.97. The van der Waals surface area contributed by atoms with E-state index in [1.807, 2.05) is 23.9 Å². The van der Waals surface area contributed by atoms with Gasteiger partial charge >= 0.3 is 0 Å². The molecule has 2 aliphatic rings. The van der Waals surface area contributed by atoms with Crippen molar-refractivity contribution in [3.05, 3.63) is 28.8 Å². The van der Waals surface area contributed by atoms with Gasteiger partial charge < -0.3 is 10.6 Å². The Morgan fingerprint density at radius 2 is 2.20 bits per heavy atom. The summed E-state index contributed by atoms with van der Waals surface area (Å²) in [5, 5.41) is 7.29. The van der Waals surface area contributed by atoms with Crippen LogP contribution in [0.1, 0.15) is 37.3 Å². The maximum absolute atomic E-state index is 11.7. The van der Waals surface area contributed by atoms with Crippen LogP contribution in [0.15, 0.2) is 23.1 Å². The number of hydrogen-bond acceptors (Lipinski definition) is 3.